The van der Waals surface area contributed by atoms with Gasteiger partial charge in [0.05, 0.1) is 37.9 Å². The van der Waals surface area contributed by atoms with E-state index in [9.17, 15) is 47.7 Å². The molecular formula is C98H86B2Cl10Cu2F11N5O2P4+4. The van der Waals surface area contributed by atoms with Gasteiger partial charge in [-0.1, -0.05) is 206 Å². The van der Waals surface area contributed by atoms with E-state index in [0.717, 1.165) is 46.5 Å². The van der Waals surface area contributed by atoms with E-state index in [4.69, 9.17) is 125 Å². The topological polar surface area (TPSA) is 75.0 Å². The number of hydrogen-bond acceptors (Lipinski definition) is 6. The van der Waals surface area contributed by atoms with Gasteiger partial charge in [0.15, 0.2) is 28.8 Å². The van der Waals surface area contributed by atoms with Gasteiger partial charge in [-0.25, -0.2) is 19.6 Å². The first-order chi connectivity index (χ1) is 63.6. The molecule has 706 valence electrons. The summed E-state index contributed by atoms with van der Waals surface area (Å²) >= 11 is 47.6. The van der Waals surface area contributed by atoms with Crippen LogP contribution in [0.15, 0.2) is 400 Å². The van der Waals surface area contributed by atoms with Gasteiger partial charge in [-0.2, -0.15) is 13.2 Å². The van der Waals surface area contributed by atoms with E-state index in [1.807, 2.05) is 38.1 Å². The maximum absolute atomic E-state index is 12.9. The second kappa shape index (κ2) is 63.4. The molecule has 16 rings (SSSR count). The summed E-state index contributed by atoms with van der Waals surface area (Å²) < 4.78 is 132. The van der Waals surface area contributed by atoms with Crippen LogP contribution in [0.2, 0.25) is 0 Å². The van der Waals surface area contributed by atoms with Gasteiger partial charge in [0, 0.05) is 11.4 Å². The molecule has 0 saturated carbocycles. The first kappa shape index (κ1) is 116. The van der Waals surface area contributed by atoms with Gasteiger partial charge >= 0.3 is 54.8 Å². The molecule has 0 aliphatic carbocycles. The summed E-state index contributed by atoms with van der Waals surface area (Å²) in [6.07, 6.45) is -4.40. The third-order valence-electron chi connectivity index (χ3n) is 17.8. The molecule has 13 aromatic carbocycles. The van der Waals surface area contributed by atoms with Crippen LogP contribution in [0.1, 0.15) is 17.0 Å². The largest absolute Gasteiger partial charge is 1.00 e. The monoisotopic (exact) mass is 2200 g/mol. The van der Waals surface area contributed by atoms with Crippen molar-refractivity contribution < 1.29 is 91.3 Å². The fourth-order valence-electron chi connectivity index (χ4n) is 12.9. The van der Waals surface area contributed by atoms with Crippen LogP contribution >= 0.6 is 148 Å². The zero-order valence-corrected chi connectivity index (χ0v) is 84.3. The molecule has 134 heavy (non-hydrogen) atoms. The van der Waals surface area contributed by atoms with Crippen molar-refractivity contribution in [3.05, 3.63) is 417 Å². The molecule has 36 heteroatoms. The molecule has 0 spiro atoms. The van der Waals surface area contributed by atoms with E-state index < -0.39 is 57.9 Å². The van der Waals surface area contributed by atoms with E-state index in [1.165, 1.54) is 80.5 Å². The third-order valence-corrected chi connectivity index (χ3v) is 28.9. The molecule has 0 radical (unpaired) electrons. The average Bonchev–Trinajstić information content (AvgIpc) is 1.53. The first-order valence-corrected chi connectivity index (χ1v) is 51.0. The van der Waals surface area contributed by atoms with Gasteiger partial charge in [-0.3, -0.25) is 0 Å². The minimum Gasteiger partial charge on any atom is -0.449 e. The zero-order chi connectivity index (χ0) is 95.7. The van der Waals surface area contributed by atoms with E-state index >= 15 is 0 Å². The number of alkyl halides is 13. The molecule has 0 unspecified atom stereocenters. The number of benzene rings is 13. The van der Waals surface area contributed by atoms with Crippen molar-refractivity contribution >= 4 is 226 Å². The molecular weight excluding hydrogens is 2120 g/mol. The Labute approximate surface area is 850 Å². The number of aryl methyl sites for hydroxylation is 2. The molecule has 3 heterocycles. The van der Waals surface area contributed by atoms with Crippen molar-refractivity contribution in [3.8, 4) is 51.7 Å². The molecule has 0 aliphatic heterocycles. The predicted molar refractivity (Wildman–Crippen MR) is 552 cm³/mol. The summed E-state index contributed by atoms with van der Waals surface area (Å²) in [4.78, 5) is 13.5. The van der Waals surface area contributed by atoms with Crippen LogP contribution in [-0.4, -0.2) is 65.9 Å². The van der Waals surface area contributed by atoms with Crippen LogP contribution in [0.25, 0.3) is 28.7 Å². The number of para-hydroxylation sites is 4. The molecule has 3 aromatic heterocycles. The van der Waals surface area contributed by atoms with Crippen molar-refractivity contribution in [3.63, 3.8) is 0 Å². The number of pyridine rings is 2. The molecule has 0 fully saturated rings. The number of aromatic nitrogens is 5. The van der Waals surface area contributed by atoms with Gasteiger partial charge in [0.2, 0.25) is 5.82 Å². The number of hydrogen-bond donors (Lipinski definition) is 0. The van der Waals surface area contributed by atoms with E-state index in [2.05, 4.69) is 360 Å². The van der Waals surface area contributed by atoms with Gasteiger partial charge in [-0.15, -0.1) is 121 Å². The van der Waals surface area contributed by atoms with Crippen molar-refractivity contribution in [2.45, 2.75) is 20.0 Å². The zero-order valence-electron chi connectivity index (χ0n) is 70.9. The van der Waals surface area contributed by atoms with Gasteiger partial charge < -0.3 is 44.0 Å². The van der Waals surface area contributed by atoms with Crippen molar-refractivity contribution in [1.29, 1.82) is 0 Å². The second-order valence-electron chi connectivity index (χ2n) is 26.7. The Bertz CT molecular complexity index is 5250. The van der Waals surface area contributed by atoms with Crippen molar-refractivity contribution in [1.82, 2.24) is 24.7 Å². The molecule has 16 aromatic rings. The van der Waals surface area contributed by atoms with Gasteiger partial charge in [-0.05, 0) is 208 Å². The predicted octanol–water partition coefficient (Wildman–Crippen LogP) is 27.6. The Kier molecular flexibility index (Phi) is 55.1. The maximum atomic E-state index is 12.9. The normalized spacial score (nSPS) is 10.5. The molecule has 0 bridgehead atoms. The minimum atomic E-state index is -6.00. The quantitative estimate of drug-likeness (QED) is 0.0348. The van der Waals surface area contributed by atoms with Crippen LogP contribution < -0.4 is 73.1 Å². The number of nitrogens with zero attached hydrogens (tertiary/aromatic N) is 5. The fraction of sp³-hybridized carbons (Fsp3) is 0.0816. The summed E-state index contributed by atoms with van der Waals surface area (Å²) in [7, 11) is -17.1. The van der Waals surface area contributed by atoms with Gasteiger partial charge in [0.1, 0.15) is 107 Å². The molecule has 0 amide bonds. The van der Waals surface area contributed by atoms with E-state index in [0.29, 0.717) is 28.7 Å². The molecule has 0 saturated heterocycles. The third kappa shape index (κ3) is 40.2. The van der Waals surface area contributed by atoms with Crippen molar-refractivity contribution in [2.75, 3.05) is 26.7 Å². The fourth-order valence-corrected chi connectivity index (χ4v) is 23.5. The van der Waals surface area contributed by atoms with Crippen LogP contribution in [0.3, 0.4) is 0 Å². The number of ether oxygens (including phenoxy) is 2. The standard InChI is InChI=1S/2C36H28OP2.C21H16F3N5.5CH2Cl2.2BF4.2Cu/c2*1-5-17-29(18-6-1)38(30-19-7-2-8-20-30)35-27-15-13-25-33(35)37-34-26-14-16-28-36(34)39(31-21-9-3-10-22-31)32-23-11-4-12-24-32;1-13-5-3-7-17(25-13)19-27-20(18-8-4-6-14(2)26-18)29(28-19)16-11-9-15(10-12-16)21(22,23)24;5*2-1-3;2*2-1(3,4)5;;/h2*1-28H;3-12H,1-2H3;5*1H2;;;;/q;;;;;;;;2*-1;2*+1/p+4. The number of halogens is 21. The summed E-state index contributed by atoms with van der Waals surface area (Å²) in [5.74, 6) is 4.49. The molecule has 7 nitrogen and oxygen atoms in total. The Morgan fingerprint density at radius 1 is 0.269 bits per heavy atom. The smallest absolute Gasteiger partial charge is 0.449 e. The summed E-state index contributed by atoms with van der Waals surface area (Å²) in [6, 6.07) is 137. The summed E-state index contributed by atoms with van der Waals surface area (Å²) in [6.45, 7) is 3.71. The maximum Gasteiger partial charge on any atom is 1.00 e. The first-order valence-electron chi connectivity index (χ1n) is 39.7. The average molecular weight is 2200 g/mol. The molecule has 0 aliphatic rings. The Balaban J connectivity index is 0.000000315. The SMILES string of the molecule is Cc1cccc(-c2nc(-c3cccc(C)n3)n(-c3ccc(C(F)(F)F)cc3)n2)n1.ClCCl.ClCCl.ClCCl.ClCCl.ClCCl.F[B-](F)(F)F.F[B-](F)(F)F.[Cu+].[Cu+].c1ccc([PH+](c2ccccc2)c2ccccc2Oc2ccccc2[PH+](c2ccccc2)c2ccccc2)cc1.c1ccc([PH+](c2ccccc2)c2ccccc2Oc2ccccc2[PH+](c2ccccc2)c2ccccc2)cc1. The Morgan fingerprint density at radius 2 is 0.470 bits per heavy atom. The summed E-state index contributed by atoms with van der Waals surface area (Å²) in [5.41, 5.74) is 2.46. The molecule has 0 N–H and O–H groups in total. The Hall–Kier alpha value is -8.08. The van der Waals surface area contributed by atoms with E-state index in [1.54, 1.807) is 12.1 Å². The van der Waals surface area contributed by atoms with Crippen LogP contribution in [0.5, 0.6) is 23.0 Å². The number of rotatable bonds is 19. The Morgan fingerprint density at radius 3 is 0.687 bits per heavy atom. The minimum absolute atomic E-state index is 0. The van der Waals surface area contributed by atoms with E-state index in [-0.39, 0.29) is 60.8 Å². The van der Waals surface area contributed by atoms with Crippen LogP contribution in [0.4, 0.5) is 47.7 Å². The van der Waals surface area contributed by atoms with Crippen LogP contribution in [0, 0.1) is 13.8 Å². The van der Waals surface area contributed by atoms with Crippen LogP contribution in [-0.2, 0) is 40.3 Å². The van der Waals surface area contributed by atoms with Gasteiger partial charge in [0.25, 0.3) is 0 Å². The summed E-state index contributed by atoms with van der Waals surface area (Å²) in [5, 5.41) is 21.2. The van der Waals surface area contributed by atoms with Crippen molar-refractivity contribution in [2.24, 2.45) is 0 Å². The molecule has 0 atom stereocenters. The second-order valence-corrected chi connectivity index (χ2v) is 40.5.